The van der Waals surface area contributed by atoms with Gasteiger partial charge in [0.25, 0.3) is 0 Å². The zero-order chi connectivity index (χ0) is 23.4. The maximum absolute atomic E-state index is 14.5. The lowest BCUT2D eigenvalue weighted by Gasteiger charge is -2.28. The monoisotopic (exact) mass is 456 g/mol. The molecule has 0 atom stereocenters. The summed E-state index contributed by atoms with van der Waals surface area (Å²) in [4.78, 5) is 25.6. The molecule has 1 fully saturated rings. The van der Waals surface area contributed by atoms with Gasteiger partial charge in [-0.1, -0.05) is 0 Å². The Bertz CT molecular complexity index is 1170. The minimum atomic E-state index is -0.505. The van der Waals surface area contributed by atoms with Crippen LogP contribution >= 0.6 is 0 Å². The van der Waals surface area contributed by atoms with Crippen molar-refractivity contribution >= 4 is 16.8 Å². The number of imidazole rings is 1. The summed E-state index contributed by atoms with van der Waals surface area (Å²) in [5.41, 5.74) is 1.89. The first-order valence-corrected chi connectivity index (χ1v) is 11.3. The standard InChI is InChI=1S/C24H29FN4O4/c1-28-20-12-19(25)23(33-10-9-32-2)13-21(20)29(24(28)31)15-16-3-5-18(6-4-16)22(30)11-17-7-8-26-27-14-17/h7-8,12-14,16,18H,3-6,9-11,15H2,1-2H3. The van der Waals surface area contributed by atoms with E-state index in [1.165, 1.54) is 10.6 Å². The molecule has 2 heterocycles. The Labute approximate surface area is 191 Å². The van der Waals surface area contributed by atoms with E-state index >= 15 is 0 Å². The van der Waals surface area contributed by atoms with Gasteiger partial charge in [0.05, 0.1) is 23.8 Å². The first-order valence-electron chi connectivity index (χ1n) is 11.3. The van der Waals surface area contributed by atoms with Crippen LogP contribution in [0.5, 0.6) is 5.75 Å². The van der Waals surface area contributed by atoms with Crippen LogP contribution in [0.3, 0.4) is 0 Å². The van der Waals surface area contributed by atoms with Gasteiger partial charge in [-0.05, 0) is 43.2 Å². The van der Waals surface area contributed by atoms with Crippen LogP contribution in [0.2, 0.25) is 0 Å². The fourth-order valence-electron chi connectivity index (χ4n) is 4.62. The number of nitrogens with zero attached hydrogens (tertiary/aromatic N) is 4. The van der Waals surface area contributed by atoms with Gasteiger partial charge in [-0.3, -0.25) is 13.9 Å². The summed E-state index contributed by atoms with van der Waals surface area (Å²) in [7, 11) is 3.20. The quantitative estimate of drug-likeness (QED) is 0.460. The number of ether oxygens (including phenoxy) is 2. The number of carbonyl (C=O) groups excluding carboxylic acids is 1. The van der Waals surface area contributed by atoms with Crippen molar-refractivity contribution in [2.75, 3.05) is 20.3 Å². The minimum absolute atomic E-state index is 0.0357. The van der Waals surface area contributed by atoms with Gasteiger partial charge in [0, 0.05) is 51.4 Å². The van der Waals surface area contributed by atoms with Crippen LogP contribution in [-0.4, -0.2) is 45.4 Å². The van der Waals surface area contributed by atoms with Crippen LogP contribution in [0.4, 0.5) is 4.39 Å². The van der Waals surface area contributed by atoms with Crippen molar-refractivity contribution in [1.82, 2.24) is 19.3 Å². The summed E-state index contributed by atoms with van der Waals surface area (Å²) in [6, 6.07) is 4.76. The Kier molecular flexibility index (Phi) is 7.17. The molecule has 0 N–H and O–H groups in total. The van der Waals surface area contributed by atoms with Crippen LogP contribution in [-0.2, 0) is 29.5 Å². The number of halogens is 1. The number of carbonyl (C=O) groups is 1. The van der Waals surface area contributed by atoms with E-state index in [1.807, 2.05) is 6.07 Å². The molecule has 1 saturated carbocycles. The second-order valence-electron chi connectivity index (χ2n) is 8.68. The van der Waals surface area contributed by atoms with Crippen molar-refractivity contribution in [3.63, 3.8) is 0 Å². The zero-order valence-electron chi connectivity index (χ0n) is 19.0. The molecular formula is C24H29FN4O4. The molecule has 4 rings (SSSR count). The summed E-state index contributed by atoms with van der Waals surface area (Å²) >= 11 is 0. The van der Waals surface area contributed by atoms with Crippen LogP contribution in [0.25, 0.3) is 11.0 Å². The molecule has 1 aliphatic carbocycles. The molecule has 2 aromatic heterocycles. The first-order chi connectivity index (χ1) is 16.0. The number of methoxy groups -OCH3 is 1. The average Bonchev–Trinajstić information content (AvgIpc) is 3.04. The topological polar surface area (TPSA) is 88.2 Å². The molecule has 33 heavy (non-hydrogen) atoms. The highest BCUT2D eigenvalue weighted by Gasteiger charge is 2.27. The molecule has 1 aromatic carbocycles. The van der Waals surface area contributed by atoms with E-state index in [0.717, 1.165) is 31.2 Å². The van der Waals surface area contributed by atoms with E-state index in [9.17, 15) is 14.0 Å². The van der Waals surface area contributed by atoms with Gasteiger partial charge < -0.3 is 9.47 Å². The van der Waals surface area contributed by atoms with E-state index in [1.54, 1.807) is 37.2 Å². The lowest BCUT2D eigenvalue weighted by Crippen LogP contribution is -2.29. The number of Topliss-reactive ketones (excluding diaryl/α,β-unsaturated/α-hetero) is 1. The Morgan fingerprint density at radius 1 is 1.15 bits per heavy atom. The molecule has 9 heteroatoms. The van der Waals surface area contributed by atoms with E-state index in [0.29, 0.717) is 30.6 Å². The predicted octanol–water partition coefficient (Wildman–Crippen LogP) is 2.91. The SMILES string of the molecule is COCCOc1cc2c(cc1F)n(C)c(=O)n2CC1CCC(C(=O)Cc2ccnnc2)CC1. The van der Waals surface area contributed by atoms with Crippen molar-refractivity contribution in [2.24, 2.45) is 18.9 Å². The van der Waals surface area contributed by atoms with Crippen LogP contribution in [0.15, 0.2) is 35.4 Å². The molecule has 3 aromatic rings. The number of aryl methyl sites for hydroxylation is 1. The third-order valence-electron chi connectivity index (χ3n) is 6.51. The maximum Gasteiger partial charge on any atom is 0.328 e. The lowest BCUT2D eigenvalue weighted by atomic mass is 9.79. The summed E-state index contributed by atoms with van der Waals surface area (Å²) < 4.78 is 28.1. The summed E-state index contributed by atoms with van der Waals surface area (Å²) in [5.74, 6) is 0.155. The Morgan fingerprint density at radius 2 is 1.94 bits per heavy atom. The molecule has 0 radical (unpaired) electrons. The Hall–Kier alpha value is -3.07. The molecular weight excluding hydrogens is 427 g/mol. The highest BCUT2D eigenvalue weighted by Crippen LogP contribution is 2.32. The number of aromatic nitrogens is 4. The van der Waals surface area contributed by atoms with E-state index in [4.69, 9.17) is 9.47 Å². The summed E-state index contributed by atoms with van der Waals surface area (Å²) in [6.07, 6.45) is 6.96. The molecule has 1 aliphatic rings. The lowest BCUT2D eigenvalue weighted by molar-refractivity contribution is -0.123. The largest absolute Gasteiger partial charge is 0.488 e. The summed E-state index contributed by atoms with van der Waals surface area (Å²) in [6.45, 7) is 1.11. The smallest absolute Gasteiger partial charge is 0.328 e. The van der Waals surface area contributed by atoms with Crippen molar-refractivity contribution in [2.45, 2.75) is 38.6 Å². The number of hydrogen-bond donors (Lipinski definition) is 0. The van der Waals surface area contributed by atoms with Crippen molar-refractivity contribution in [3.8, 4) is 5.75 Å². The third kappa shape index (κ3) is 5.13. The molecule has 0 aliphatic heterocycles. The number of rotatable bonds is 9. The second kappa shape index (κ2) is 10.2. The van der Waals surface area contributed by atoms with Gasteiger partial charge in [-0.2, -0.15) is 10.2 Å². The number of hydrogen-bond acceptors (Lipinski definition) is 6. The number of benzene rings is 1. The van der Waals surface area contributed by atoms with Crippen molar-refractivity contribution < 1.29 is 18.7 Å². The third-order valence-corrected chi connectivity index (χ3v) is 6.51. The number of fused-ring (bicyclic) bond motifs is 1. The van der Waals surface area contributed by atoms with Crippen LogP contribution in [0.1, 0.15) is 31.2 Å². The molecule has 0 unspecified atom stereocenters. The molecule has 0 bridgehead atoms. The highest BCUT2D eigenvalue weighted by molar-refractivity contribution is 5.83. The highest BCUT2D eigenvalue weighted by atomic mass is 19.1. The van der Waals surface area contributed by atoms with Gasteiger partial charge in [-0.15, -0.1) is 0 Å². The van der Waals surface area contributed by atoms with Crippen LogP contribution in [0, 0.1) is 17.7 Å². The van der Waals surface area contributed by atoms with E-state index in [-0.39, 0.29) is 35.7 Å². The molecule has 176 valence electrons. The van der Waals surface area contributed by atoms with E-state index < -0.39 is 5.82 Å². The molecule has 0 amide bonds. The second-order valence-corrected chi connectivity index (χ2v) is 8.68. The van der Waals surface area contributed by atoms with Crippen molar-refractivity contribution in [3.05, 3.63) is 52.5 Å². The van der Waals surface area contributed by atoms with Gasteiger partial charge >= 0.3 is 5.69 Å². The molecule has 8 nitrogen and oxygen atoms in total. The van der Waals surface area contributed by atoms with E-state index in [2.05, 4.69) is 10.2 Å². The zero-order valence-corrected chi connectivity index (χ0v) is 19.0. The van der Waals surface area contributed by atoms with Gasteiger partial charge in [0.2, 0.25) is 0 Å². The normalized spacial score (nSPS) is 18.5. The molecule has 0 spiro atoms. The molecule has 0 saturated heterocycles. The maximum atomic E-state index is 14.5. The first kappa shape index (κ1) is 23.1. The van der Waals surface area contributed by atoms with Gasteiger partial charge in [-0.25, -0.2) is 9.18 Å². The number of ketones is 1. The van der Waals surface area contributed by atoms with Crippen molar-refractivity contribution in [1.29, 1.82) is 0 Å². The van der Waals surface area contributed by atoms with Gasteiger partial charge in [0.1, 0.15) is 12.4 Å². The predicted molar refractivity (Wildman–Crippen MR) is 121 cm³/mol. The summed E-state index contributed by atoms with van der Waals surface area (Å²) in [5, 5.41) is 7.58. The fraction of sp³-hybridized carbons (Fsp3) is 0.500. The van der Waals surface area contributed by atoms with Crippen LogP contribution < -0.4 is 10.4 Å². The fourth-order valence-corrected chi connectivity index (χ4v) is 4.62. The van der Waals surface area contributed by atoms with Gasteiger partial charge in [0.15, 0.2) is 11.6 Å². The average molecular weight is 457 g/mol. The minimum Gasteiger partial charge on any atom is -0.488 e. The Balaban J connectivity index is 1.44. The Morgan fingerprint density at radius 3 is 2.64 bits per heavy atom.